The van der Waals surface area contributed by atoms with Gasteiger partial charge in [0.15, 0.2) is 6.61 Å². The Labute approximate surface area is 190 Å². The van der Waals surface area contributed by atoms with E-state index in [2.05, 4.69) is 26.1 Å². The van der Waals surface area contributed by atoms with E-state index < -0.39 is 12.0 Å². The van der Waals surface area contributed by atoms with Gasteiger partial charge in [0, 0.05) is 5.56 Å². The van der Waals surface area contributed by atoms with Gasteiger partial charge in [-0.2, -0.15) is 11.8 Å². The van der Waals surface area contributed by atoms with Crippen molar-refractivity contribution in [3.05, 3.63) is 56.7 Å². The molecule has 0 aliphatic heterocycles. The summed E-state index contributed by atoms with van der Waals surface area (Å²) in [4.78, 5) is 37.7. The number of thioether (sulfide) groups is 1. The maximum absolute atomic E-state index is 12.6. The normalized spacial score (nSPS) is 12.3. The van der Waals surface area contributed by atoms with Crippen LogP contribution in [0.15, 0.2) is 36.4 Å². The van der Waals surface area contributed by atoms with Crippen LogP contribution in [0.25, 0.3) is 0 Å². The monoisotopic (exact) mass is 467 g/mol. The molecule has 0 aliphatic rings. The fourth-order valence-electron chi connectivity index (χ4n) is 2.62. The molecule has 0 spiro atoms. The molecule has 1 unspecified atom stereocenters. The van der Waals surface area contributed by atoms with E-state index in [4.69, 9.17) is 16.3 Å². The first-order valence-electron chi connectivity index (χ1n) is 9.47. The van der Waals surface area contributed by atoms with Crippen LogP contribution in [0.2, 0.25) is 4.34 Å². The maximum atomic E-state index is 12.6. The Morgan fingerprint density at radius 3 is 2.33 bits per heavy atom. The summed E-state index contributed by atoms with van der Waals surface area (Å²) in [6.45, 7) is 5.91. The molecule has 162 valence electrons. The van der Waals surface area contributed by atoms with Crippen LogP contribution in [0.4, 0.5) is 0 Å². The largest absolute Gasteiger partial charge is 0.456 e. The van der Waals surface area contributed by atoms with Crippen molar-refractivity contribution in [3.8, 4) is 0 Å². The summed E-state index contributed by atoms with van der Waals surface area (Å²) in [6.07, 6.45) is 2.32. The van der Waals surface area contributed by atoms with Crippen molar-refractivity contribution in [1.29, 1.82) is 0 Å². The van der Waals surface area contributed by atoms with Crippen molar-refractivity contribution in [1.82, 2.24) is 5.32 Å². The minimum Gasteiger partial charge on any atom is -0.456 e. The van der Waals surface area contributed by atoms with Crippen molar-refractivity contribution in [3.63, 3.8) is 0 Å². The summed E-state index contributed by atoms with van der Waals surface area (Å²) >= 11 is 8.53. The van der Waals surface area contributed by atoms with E-state index in [1.54, 1.807) is 36.0 Å². The second-order valence-corrected chi connectivity index (χ2v) is 10.5. The molecule has 0 bridgehead atoms. The Bertz CT molecular complexity index is 887. The Morgan fingerprint density at radius 2 is 1.80 bits per heavy atom. The lowest BCUT2D eigenvalue weighted by Gasteiger charge is -2.20. The van der Waals surface area contributed by atoms with E-state index in [9.17, 15) is 14.4 Å². The predicted octanol–water partition coefficient (Wildman–Crippen LogP) is 4.98. The predicted molar refractivity (Wildman–Crippen MR) is 124 cm³/mol. The van der Waals surface area contributed by atoms with Crippen LogP contribution in [0.1, 0.15) is 52.8 Å². The third-order valence-electron chi connectivity index (χ3n) is 4.41. The molecular formula is C22H26ClNO4S2. The Hall–Kier alpha value is -1.83. The van der Waals surface area contributed by atoms with Gasteiger partial charge in [-0.3, -0.25) is 9.59 Å². The number of halogens is 1. The van der Waals surface area contributed by atoms with E-state index in [1.165, 1.54) is 0 Å². The number of ether oxygens (including phenoxy) is 1. The number of carbonyl (C=O) groups excluding carboxylic acids is 3. The number of benzene rings is 1. The first kappa shape index (κ1) is 24.4. The standard InChI is InChI=1S/C22H26ClNO4S2/c1-22(2,3)15-7-5-14(6-8-15)20(26)24-16(11-12-29-4)21(27)28-13-17(25)18-9-10-19(23)30-18/h5-10,16H,11-13H2,1-4H3,(H,24,26). The van der Waals surface area contributed by atoms with E-state index in [0.29, 0.717) is 27.0 Å². The maximum Gasteiger partial charge on any atom is 0.329 e. The highest BCUT2D eigenvalue weighted by Crippen LogP contribution is 2.23. The third kappa shape index (κ3) is 7.15. The zero-order valence-electron chi connectivity index (χ0n) is 17.5. The van der Waals surface area contributed by atoms with Gasteiger partial charge in [0.2, 0.25) is 5.78 Å². The lowest BCUT2D eigenvalue weighted by molar-refractivity contribution is -0.144. The smallest absolute Gasteiger partial charge is 0.329 e. The van der Waals surface area contributed by atoms with Crippen molar-refractivity contribution in [2.24, 2.45) is 0 Å². The van der Waals surface area contributed by atoms with Gasteiger partial charge in [0.1, 0.15) is 6.04 Å². The van der Waals surface area contributed by atoms with Gasteiger partial charge in [-0.05, 0) is 53.7 Å². The van der Waals surface area contributed by atoms with Gasteiger partial charge in [-0.25, -0.2) is 4.79 Å². The number of esters is 1. The van der Waals surface area contributed by atoms with Crippen LogP contribution < -0.4 is 5.32 Å². The van der Waals surface area contributed by atoms with Gasteiger partial charge in [-0.15, -0.1) is 11.3 Å². The van der Waals surface area contributed by atoms with Crippen LogP contribution in [0, 0.1) is 0 Å². The van der Waals surface area contributed by atoms with E-state index in [1.807, 2.05) is 18.4 Å². The lowest BCUT2D eigenvalue weighted by Crippen LogP contribution is -2.42. The van der Waals surface area contributed by atoms with Gasteiger partial charge in [0.25, 0.3) is 5.91 Å². The van der Waals surface area contributed by atoms with Crippen LogP contribution >= 0.6 is 34.7 Å². The Balaban J connectivity index is 2.00. The molecule has 0 fully saturated rings. The van der Waals surface area contributed by atoms with Gasteiger partial charge >= 0.3 is 5.97 Å². The molecule has 1 N–H and O–H groups in total. The van der Waals surface area contributed by atoms with Crippen LogP contribution in [-0.2, 0) is 14.9 Å². The van der Waals surface area contributed by atoms with Gasteiger partial charge in [-0.1, -0.05) is 44.5 Å². The number of amides is 1. The summed E-state index contributed by atoms with van der Waals surface area (Å²) in [7, 11) is 0. The number of hydrogen-bond donors (Lipinski definition) is 1. The molecule has 1 aromatic heterocycles. The minimum atomic E-state index is -0.827. The minimum absolute atomic E-state index is 0.0149. The van der Waals surface area contributed by atoms with E-state index >= 15 is 0 Å². The molecule has 1 heterocycles. The summed E-state index contributed by atoms with van der Waals surface area (Å²) < 4.78 is 5.67. The fraction of sp³-hybridized carbons (Fsp3) is 0.409. The van der Waals surface area contributed by atoms with E-state index in [-0.39, 0.29) is 23.7 Å². The SMILES string of the molecule is CSCCC(NC(=O)c1ccc(C(C)(C)C)cc1)C(=O)OCC(=O)c1ccc(Cl)s1. The summed E-state index contributed by atoms with van der Waals surface area (Å²) in [6, 6.07) is 9.70. The number of nitrogens with one attached hydrogen (secondary N) is 1. The molecule has 2 rings (SSSR count). The van der Waals surface area contributed by atoms with E-state index in [0.717, 1.165) is 16.9 Å². The molecule has 2 aromatic rings. The zero-order valence-corrected chi connectivity index (χ0v) is 19.9. The molecule has 30 heavy (non-hydrogen) atoms. The average Bonchev–Trinajstić information content (AvgIpc) is 3.14. The molecular weight excluding hydrogens is 442 g/mol. The number of ketones is 1. The molecule has 1 atom stereocenters. The highest BCUT2D eigenvalue weighted by molar-refractivity contribution is 7.98. The first-order chi connectivity index (χ1) is 14.1. The summed E-state index contributed by atoms with van der Waals surface area (Å²) in [5, 5.41) is 2.74. The second kappa shape index (κ2) is 11.0. The number of Topliss-reactive ketones (excluding diaryl/α,β-unsaturated/α-hetero) is 1. The molecule has 8 heteroatoms. The molecule has 0 aliphatic carbocycles. The molecule has 0 radical (unpaired) electrons. The summed E-state index contributed by atoms with van der Waals surface area (Å²) in [5.41, 5.74) is 1.57. The number of hydrogen-bond acceptors (Lipinski definition) is 6. The number of thiophene rings is 1. The van der Waals surface area contributed by atoms with Gasteiger partial charge in [0.05, 0.1) is 9.21 Å². The second-order valence-electron chi connectivity index (χ2n) is 7.77. The molecule has 0 saturated heterocycles. The average molecular weight is 468 g/mol. The Kier molecular flexibility index (Phi) is 8.94. The van der Waals surface area contributed by atoms with Crippen LogP contribution in [0.5, 0.6) is 0 Å². The quantitative estimate of drug-likeness (QED) is 0.416. The lowest BCUT2D eigenvalue weighted by atomic mass is 9.86. The van der Waals surface area contributed by atoms with Crippen molar-refractivity contribution >= 4 is 52.4 Å². The fourth-order valence-corrected chi connectivity index (χ4v) is 4.06. The van der Waals surface area contributed by atoms with Crippen LogP contribution in [0.3, 0.4) is 0 Å². The number of rotatable bonds is 9. The van der Waals surface area contributed by atoms with Crippen LogP contribution in [-0.4, -0.2) is 42.3 Å². The molecule has 1 aromatic carbocycles. The molecule has 1 amide bonds. The highest BCUT2D eigenvalue weighted by Gasteiger charge is 2.24. The zero-order chi connectivity index (χ0) is 22.3. The van der Waals surface area contributed by atoms with Crippen molar-refractivity contribution in [2.75, 3.05) is 18.6 Å². The first-order valence-corrected chi connectivity index (χ1v) is 12.1. The molecule has 5 nitrogen and oxygen atoms in total. The highest BCUT2D eigenvalue weighted by atomic mass is 35.5. The van der Waals surface area contributed by atoms with Crippen molar-refractivity contribution in [2.45, 2.75) is 38.6 Å². The number of carbonyl (C=O) groups is 3. The van der Waals surface area contributed by atoms with Crippen molar-refractivity contribution < 1.29 is 19.1 Å². The van der Waals surface area contributed by atoms with Gasteiger partial charge < -0.3 is 10.1 Å². The topological polar surface area (TPSA) is 72.5 Å². The third-order valence-corrected chi connectivity index (χ3v) is 6.32. The molecule has 0 saturated carbocycles. The Morgan fingerprint density at radius 1 is 1.13 bits per heavy atom. The summed E-state index contributed by atoms with van der Waals surface area (Å²) in [5.74, 6) is -0.639.